The number of nitrogens with two attached hydrogens (primary N) is 1. The molecule has 0 aliphatic heterocycles. The average molecular weight is 246 g/mol. The fourth-order valence-electron chi connectivity index (χ4n) is 2.99. The maximum absolute atomic E-state index is 6.54. The van der Waals surface area contributed by atoms with Crippen molar-refractivity contribution in [3.05, 3.63) is 35.9 Å². The summed E-state index contributed by atoms with van der Waals surface area (Å²) in [7, 11) is 0. The van der Waals surface area contributed by atoms with Gasteiger partial charge >= 0.3 is 0 Å². The van der Waals surface area contributed by atoms with Crippen LogP contribution in [0.25, 0.3) is 0 Å². The van der Waals surface area contributed by atoms with Gasteiger partial charge in [-0.3, -0.25) is 4.90 Å². The third kappa shape index (κ3) is 2.93. The topological polar surface area (TPSA) is 29.3 Å². The highest BCUT2D eigenvalue weighted by atomic mass is 15.2. The molecule has 1 aliphatic rings. The molecular weight excluding hydrogens is 220 g/mol. The lowest BCUT2D eigenvalue weighted by atomic mass is 9.90. The molecule has 0 spiro atoms. The van der Waals surface area contributed by atoms with E-state index in [1.807, 2.05) is 0 Å². The molecule has 2 unspecified atom stereocenters. The average Bonchev–Trinajstić information content (AvgIpc) is 3.20. The Morgan fingerprint density at radius 3 is 2.28 bits per heavy atom. The van der Waals surface area contributed by atoms with Gasteiger partial charge in [-0.1, -0.05) is 51.1 Å². The first kappa shape index (κ1) is 13.6. The molecule has 0 radical (unpaired) electrons. The van der Waals surface area contributed by atoms with Crippen molar-refractivity contribution in [3.8, 4) is 0 Å². The van der Waals surface area contributed by atoms with Gasteiger partial charge in [0, 0.05) is 18.1 Å². The largest absolute Gasteiger partial charge is 0.323 e. The third-order valence-corrected chi connectivity index (χ3v) is 4.00. The van der Waals surface area contributed by atoms with E-state index in [1.165, 1.54) is 18.4 Å². The maximum atomic E-state index is 6.54. The smallest absolute Gasteiger partial charge is 0.0455 e. The van der Waals surface area contributed by atoms with Gasteiger partial charge in [0.25, 0.3) is 0 Å². The van der Waals surface area contributed by atoms with E-state index in [9.17, 15) is 0 Å². The van der Waals surface area contributed by atoms with Crippen LogP contribution in [0.3, 0.4) is 0 Å². The summed E-state index contributed by atoms with van der Waals surface area (Å²) in [6.45, 7) is 7.94. The lowest BCUT2D eigenvalue weighted by Crippen LogP contribution is -2.47. The molecule has 100 valence electrons. The lowest BCUT2D eigenvalue weighted by molar-refractivity contribution is 0.128. The molecule has 2 atom stereocenters. The number of nitrogens with zero attached hydrogens (tertiary/aromatic N) is 1. The third-order valence-electron chi connectivity index (χ3n) is 4.00. The first-order chi connectivity index (χ1) is 8.65. The van der Waals surface area contributed by atoms with Gasteiger partial charge in [-0.25, -0.2) is 0 Å². The summed E-state index contributed by atoms with van der Waals surface area (Å²) >= 11 is 0. The number of hydrogen-bond donors (Lipinski definition) is 1. The Morgan fingerprint density at radius 2 is 1.83 bits per heavy atom. The number of hydrogen-bond acceptors (Lipinski definition) is 2. The highest BCUT2D eigenvalue weighted by Crippen LogP contribution is 2.34. The van der Waals surface area contributed by atoms with Crippen LogP contribution in [0.5, 0.6) is 0 Å². The summed E-state index contributed by atoms with van der Waals surface area (Å²) in [4.78, 5) is 2.61. The predicted molar refractivity (Wildman–Crippen MR) is 77.4 cm³/mol. The van der Waals surface area contributed by atoms with Crippen molar-refractivity contribution in [2.45, 2.75) is 51.7 Å². The Bertz CT molecular complexity index is 357. The molecular formula is C16H26N2. The Morgan fingerprint density at radius 1 is 1.22 bits per heavy atom. The van der Waals surface area contributed by atoms with Crippen LogP contribution in [0.4, 0.5) is 0 Å². The van der Waals surface area contributed by atoms with Gasteiger partial charge in [0.15, 0.2) is 0 Å². The SMILES string of the molecule is CCN(C1CC1)C(C(C)C)C(N)c1ccccc1. The monoisotopic (exact) mass is 246 g/mol. The minimum absolute atomic E-state index is 0.117. The molecule has 1 aromatic carbocycles. The van der Waals surface area contributed by atoms with Crippen LogP contribution in [0.2, 0.25) is 0 Å². The second-order valence-electron chi connectivity index (χ2n) is 5.73. The van der Waals surface area contributed by atoms with E-state index in [-0.39, 0.29) is 6.04 Å². The highest BCUT2D eigenvalue weighted by molar-refractivity contribution is 5.20. The summed E-state index contributed by atoms with van der Waals surface area (Å²) in [5, 5.41) is 0. The van der Waals surface area contributed by atoms with Crippen LogP contribution >= 0.6 is 0 Å². The van der Waals surface area contributed by atoms with Crippen LogP contribution in [0.15, 0.2) is 30.3 Å². The van der Waals surface area contributed by atoms with E-state index in [1.54, 1.807) is 0 Å². The zero-order valence-corrected chi connectivity index (χ0v) is 11.8. The van der Waals surface area contributed by atoms with Gasteiger partial charge in [-0.2, -0.15) is 0 Å². The first-order valence-corrected chi connectivity index (χ1v) is 7.21. The van der Waals surface area contributed by atoms with E-state index in [0.717, 1.165) is 12.6 Å². The molecule has 1 fully saturated rings. The standard InChI is InChI=1S/C16H26N2/c1-4-18(14-10-11-14)16(12(2)3)15(17)13-8-6-5-7-9-13/h5-9,12,14-16H,4,10-11,17H2,1-3H3. The fourth-order valence-corrected chi connectivity index (χ4v) is 2.99. The molecule has 1 aromatic rings. The maximum Gasteiger partial charge on any atom is 0.0455 e. The number of benzene rings is 1. The Kier molecular flexibility index (Phi) is 4.41. The summed E-state index contributed by atoms with van der Waals surface area (Å²) < 4.78 is 0. The molecule has 2 rings (SSSR count). The normalized spacial score (nSPS) is 19.2. The van der Waals surface area contributed by atoms with Crippen LogP contribution in [0, 0.1) is 5.92 Å². The van der Waals surface area contributed by atoms with E-state index >= 15 is 0 Å². The Labute approximate surface area is 111 Å². The molecule has 0 saturated heterocycles. The van der Waals surface area contributed by atoms with Crippen molar-refractivity contribution in [2.75, 3.05) is 6.54 Å². The van der Waals surface area contributed by atoms with E-state index in [0.29, 0.717) is 12.0 Å². The Balaban J connectivity index is 2.18. The highest BCUT2D eigenvalue weighted by Gasteiger charge is 2.37. The quantitative estimate of drug-likeness (QED) is 0.835. The van der Waals surface area contributed by atoms with E-state index in [2.05, 4.69) is 56.0 Å². The molecule has 18 heavy (non-hydrogen) atoms. The van der Waals surface area contributed by atoms with Gasteiger partial charge in [0.1, 0.15) is 0 Å². The van der Waals surface area contributed by atoms with Crippen molar-refractivity contribution >= 4 is 0 Å². The molecule has 0 aromatic heterocycles. The van der Waals surface area contributed by atoms with Gasteiger partial charge in [-0.05, 0) is 30.9 Å². The van der Waals surface area contributed by atoms with Crippen molar-refractivity contribution in [2.24, 2.45) is 11.7 Å². The van der Waals surface area contributed by atoms with E-state index in [4.69, 9.17) is 5.73 Å². The van der Waals surface area contributed by atoms with Gasteiger partial charge in [0.05, 0.1) is 0 Å². The summed E-state index contributed by atoms with van der Waals surface area (Å²) in [5.74, 6) is 0.584. The fraction of sp³-hybridized carbons (Fsp3) is 0.625. The van der Waals surface area contributed by atoms with Gasteiger partial charge < -0.3 is 5.73 Å². The first-order valence-electron chi connectivity index (χ1n) is 7.21. The van der Waals surface area contributed by atoms with Crippen LogP contribution in [0.1, 0.15) is 45.2 Å². The predicted octanol–water partition coefficient (Wildman–Crippen LogP) is 3.20. The van der Waals surface area contributed by atoms with Gasteiger partial charge in [-0.15, -0.1) is 0 Å². The minimum atomic E-state index is 0.117. The Hall–Kier alpha value is -0.860. The molecule has 2 N–H and O–H groups in total. The molecule has 2 heteroatoms. The molecule has 2 nitrogen and oxygen atoms in total. The van der Waals surface area contributed by atoms with Crippen LogP contribution in [-0.4, -0.2) is 23.5 Å². The minimum Gasteiger partial charge on any atom is -0.323 e. The molecule has 1 aliphatic carbocycles. The summed E-state index contributed by atoms with van der Waals surface area (Å²) in [6.07, 6.45) is 2.69. The van der Waals surface area contributed by atoms with Crippen molar-refractivity contribution in [1.29, 1.82) is 0 Å². The van der Waals surface area contributed by atoms with Crippen LogP contribution in [-0.2, 0) is 0 Å². The van der Waals surface area contributed by atoms with Crippen LogP contribution < -0.4 is 5.73 Å². The molecule has 0 heterocycles. The second-order valence-corrected chi connectivity index (χ2v) is 5.73. The second kappa shape index (κ2) is 5.85. The van der Waals surface area contributed by atoms with Crippen molar-refractivity contribution in [3.63, 3.8) is 0 Å². The van der Waals surface area contributed by atoms with Crippen molar-refractivity contribution in [1.82, 2.24) is 4.90 Å². The molecule has 0 bridgehead atoms. The summed E-state index contributed by atoms with van der Waals surface area (Å²) in [5.41, 5.74) is 7.80. The zero-order valence-electron chi connectivity index (χ0n) is 11.8. The lowest BCUT2D eigenvalue weighted by Gasteiger charge is -2.38. The van der Waals surface area contributed by atoms with E-state index < -0.39 is 0 Å². The van der Waals surface area contributed by atoms with Crippen molar-refractivity contribution < 1.29 is 0 Å². The van der Waals surface area contributed by atoms with Gasteiger partial charge in [0.2, 0.25) is 0 Å². The number of likely N-dealkylation sites (N-methyl/N-ethyl adjacent to an activating group) is 1. The molecule has 1 saturated carbocycles. The summed E-state index contributed by atoms with van der Waals surface area (Å²) in [6, 6.07) is 11.9. The number of rotatable bonds is 6. The molecule has 0 amide bonds. The zero-order chi connectivity index (χ0) is 13.1.